The van der Waals surface area contributed by atoms with Crippen molar-refractivity contribution in [3.05, 3.63) is 83.2 Å². The van der Waals surface area contributed by atoms with Crippen molar-refractivity contribution in [3.63, 3.8) is 0 Å². The first-order valence-electron chi connectivity index (χ1n) is 10.7. The maximum Gasteiger partial charge on any atom is 0.261 e. The van der Waals surface area contributed by atoms with Gasteiger partial charge < -0.3 is 24.4 Å². The van der Waals surface area contributed by atoms with E-state index in [4.69, 9.17) is 14.2 Å². The number of carbonyl (C=O) groups is 2. The minimum atomic E-state index is -0.332. The van der Waals surface area contributed by atoms with Gasteiger partial charge in [-0.2, -0.15) is 0 Å². The van der Waals surface area contributed by atoms with E-state index >= 15 is 0 Å². The molecule has 1 aliphatic rings. The molecule has 7 nitrogen and oxygen atoms in total. The van der Waals surface area contributed by atoms with Gasteiger partial charge in [0, 0.05) is 16.8 Å². The van der Waals surface area contributed by atoms with E-state index in [0.717, 1.165) is 11.1 Å². The summed E-state index contributed by atoms with van der Waals surface area (Å²) in [6.45, 7) is 2.07. The molecule has 2 amide bonds. The van der Waals surface area contributed by atoms with Crippen LogP contribution in [-0.4, -0.2) is 37.5 Å². The standard InChI is InChI=1S/C26H25FN2O5/c1-16(17-4-7-20(27)8-5-17)29-14-19-12-21(9-11-22(19)34-15-25(29)30)28-26(31)18-6-10-23(32-2)24(13-18)33-3/h4-13,16H,14-15H2,1-3H3,(H,28,31)/t16-/m0/s1. The van der Waals surface area contributed by atoms with Gasteiger partial charge in [-0.15, -0.1) is 0 Å². The van der Waals surface area contributed by atoms with Gasteiger partial charge in [0.25, 0.3) is 11.8 Å². The second kappa shape index (κ2) is 9.82. The third-order valence-electron chi connectivity index (χ3n) is 5.80. The second-order valence-corrected chi connectivity index (χ2v) is 7.88. The Morgan fingerprint density at radius 1 is 1.03 bits per heavy atom. The highest BCUT2D eigenvalue weighted by Gasteiger charge is 2.27. The molecule has 8 heteroatoms. The van der Waals surface area contributed by atoms with Crippen LogP contribution in [0.25, 0.3) is 0 Å². The number of halogens is 1. The van der Waals surface area contributed by atoms with Crippen LogP contribution in [0.5, 0.6) is 17.2 Å². The highest BCUT2D eigenvalue weighted by Crippen LogP contribution is 2.32. The maximum absolute atomic E-state index is 13.3. The normalized spacial score (nSPS) is 13.9. The van der Waals surface area contributed by atoms with Crippen molar-refractivity contribution in [1.82, 2.24) is 4.90 Å². The topological polar surface area (TPSA) is 77.1 Å². The summed E-state index contributed by atoms with van der Waals surface area (Å²) in [6.07, 6.45) is 0. The summed E-state index contributed by atoms with van der Waals surface area (Å²) in [5.74, 6) is 0.732. The number of anilines is 1. The summed E-state index contributed by atoms with van der Waals surface area (Å²) in [7, 11) is 3.03. The first-order valence-corrected chi connectivity index (χ1v) is 10.7. The van der Waals surface area contributed by atoms with Gasteiger partial charge in [-0.05, 0) is 61.0 Å². The average molecular weight is 464 g/mol. The number of rotatable bonds is 6. The van der Waals surface area contributed by atoms with Crippen LogP contribution in [0.15, 0.2) is 60.7 Å². The molecule has 3 aromatic rings. The van der Waals surface area contributed by atoms with Crippen molar-refractivity contribution in [3.8, 4) is 17.2 Å². The number of hydrogen-bond donors (Lipinski definition) is 1. The Morgan fingerprint density at radius 3 is 2.47 bits per heavy atom. The zero-order valence-electron chi connectivity index (χ0n) is 19.1. The molecule has 0 aliphatic carbocycles. The minimum Gasteiger partial charge on any atom is -0.493 e. The predicted molar refractivity (Wildman–Crippen MR) is 125 cm³/mol. The van der Waals surface area contributed by atoms with Crippen LogP contribution < -0.4 is 19.5 Å². The number of ether oxygens (including phenoxy) is 3. The van der Waals surface area contributed by atoms with Crippen molar-refractivity contribution in [2.45, 2.75) is 19.5 Å². The van der Waals surface area contributed by atoms with E-state index in [0.29, 0.717) is 28.5 Å². The first-order chi connectivity index (χ1) is 16.4. The Balaban J connectivity index is 1.55. The van der Waals surface area contributed by atoms with Gasteiger partial charge in [-0.1, -0.05) is 12.1 Å². The molecule has 4 rings (SSSR count). The predicted octanol–water partition coefficient (Wildman–Crippen LogP) is 4.58. The summed E-state index contributed by atoms with van der Waals surface area (Å²) in [6, 6.07) is 16.0. The van der Waals surface area contributed by atoms with Crippen LogP contribution in [-0.2, 0) is 11.3 Å². The zero-order valence-corrected chi connectivity index (χ0v) is 19.1. The van der Waals surface area contributed by atoms with Crippen molar-refractivity contribution >= 4 is 17.5 Å². The largest absolute Gasteiger partial charge is 0.493 e. The molecule has 3 aromatic carbocycles. The van der Waals surface area contributed by atoms with Crippen molar-refractivity contribution < 1.29 is 28.2 Å². The lowest BCUT2D eigenvalue weighted by Crippen LogP contribution is -2.34. The molecular weight excluding hydrogens is 439 g/mol. The monoisotopic (exact) mass is 464 g/mol. The molecule has 0 aromatic heterocycles. The van der Waals surface area contributed by atoms with Crippen LogP contribution in [0.4, 0.5) is 10.1 Å². The van der Waals surface area contributed by atoms with Crippen LogP contribution >= 0.6 is 0 Å². The quantitative estimate of drug-likeness (QED) is 0.578. The first kappa shape index (κ1) is 23.1. The van der Waals surface area contributed by atoms with Gasteiger partial charge in [-0.3, -0.25) is 9.59 Å². The number of fused-ring (bicyclic) bond motifs is 1. The molecule has 1 aliphatic heterocycles. The maximum atomic E-state index is 13.3. The van der Waals surface area contributed by atoms with E-state index in [1.807, 2.05) is 6.92 Å². The van der Waals surface area contributed by atoms with Gasteiger partial charge >= 0.3 is 0 Å². The summed E-state index contributed by atoms with van der Waals surface area (Å²) in [4.78, 5) is 27.3. The van der Waals surface area contributed by atoms with Gasteiger partial charge in [0.15, 0.2) is 18.1 Å². The summed E-state index contributed by atoms with van der Waals surface area (Å²) < 4.78 is 29.5. The Kier molecular flexibility index (Phi) is 6.67. The summed E-state index contributed by atoms with van der Waals surface area (Å²) in [5.41, 5.74) is 2.54. The molecule has 1 atom stereocenters. The van der Waals surface area contributed by atoms with E-state index in [9.17, 15) is 14.0 Å². The summed E-state index contributed by atoms with van der Waals surface area (Å²) >= 11 is 0. The van der Waals surface area contributed by atoms with Gasteiger partial charge in [0.2, 0.25) is 0 Å². The highest BCUT2D eigenvalue weighted by molar-refractivity contribution is 6.04. The lowest BCUT2D eigenvalue weighted by molar-refractivity contribution is -0.135. The van der Waals surface area contributed by atoms with E-state index < -0.39 is 0 Å². The Labute approximate surface area is 197 Å². The average Bonchev–Trinajstić information content (AvgIpc) is 3.02. The third-order valence-corrected chi connectivity index (χ3v) is 5.80. The lowest BCUT2D eigenvalue weighted by Gasteiger charge is -2.28. The summed E-state index contributed by atoms with van der Waals surface area (Å²) in [5, 5.41) is 2.87. The Morgan fingerprint density at radius 2 is 1.76 bits per heavy atom. The molecule has 0 saturated heterocycles. The number of nitrogens with one attached hydrogen (secondary N) is 1. The molecule has 0 spiro atoms. The smallest absolute Gasteiger partial charge is 0.261 e. The van der Waals surface area contributed by atoms with Crippen LogP contribution in [0.3, 0.4) is 0 Å². The molecule has 34 heavy (non-hydrogen) atoms. The molecule has 1 N–H and O–H groups in total. The van der Waals surface area contributed by atoms with Crippen LogP contribution in [0, 0.1) is 5.82 Å². The number of hydrogen-bond acceptors (Lipinski definition) is 5. The molecule has 0 fully saturated rings. The van der Waals surface area contributed by atoms with Gasteiger partial charge in [0.05, 0.1) is 26.8 Å². The number of amides is 2. The fraction of sp³-hybridized carbons (Fsp3) is 0.231. The minimum absolute atomic E-state index is 0.101. The van der Waals surface area contributed by atoms with Crippen LogP contribution in [0.2, 0.25) is 0 Å². The van der Waals surface area contributed by atoms with Gasteiger partial charge in [0.1, 0.15) is 11.6 Å². The fourth-order valence-corrected chi connectivity index (χ4v) is 3.87. The SMILES string of the molecule is COc1ccc(C(=O)Nc2ccc3c(c2)CN([C@@H](C)c2ccc(F)cc2)C(=O)CO3)cc1OC. The van der Waals surface area contributed by atoms with E-state index in [2.05, 4.69) is 5.32 Å². The lowest BCUT2D eigenvalue weighted by atomic mass is 10.1. The number of nitrogens with zero attached hydrogens (tertiary/aromatic N) is 1. The van der Waals surface area contributed by atoms with E-state index in [1.165, 1.54) is 26.4 Å². The molecule has 176 valence electrons. The number of carbonyl (C=O) groups excluding carboxylic acids is 2. The zero-order chi connectivity index (χ0) is 24.2. The van der Waals surface area contributed by atoms with E-state index in [1.54, 1.807) is 53.4 Å². The van der Waals surface area contributed by atoms with Crippen LogP contribution in [0.1, 0.15) is 34.5 Å². The molecule has 1 heterocycles. The number of benzene rings is 3. The fourth-order valence-electron chi connectivity index (χ4n) is 3.87. The number of methoxy groups -OCH3 is 2. The molecule has 0 bridgehead atoms. The molecule has 0 radical (unpaired) electrons. The third kappa shape index (κ3) is 4.80. The van der Waals surface area contributed by atoms with Crippen molar-refractivity contribution in [1.29, 1.82) is 0 Å². The van der Waals surface area contributed by atoms with Gasteiger partial charge in [-0.25, -0.2) is 4.39 Å². The van der Waals surface area contributed by atoms with Crippen molar-refractivity contribution in [2.75, 3.05) is 26.1 Å². The Hall–Kier alpha value is -4.07. The van der Waals surface area contributed by atoms with Crippen molar-refractivity contribution in [2.24, 2.45) is 0 Å². The molecule has 0 saturated carbocycles. The highest BCUT2D eigenvalue weighted by atomic mass is 19.1. The van der Waals surface area contributed by atoms with E-state index in [-0.39, 0.29) is 36.8 Å². The Bertz CT molecular complexity index is 1210. The molecule has 0 unspecified atom stereocenters. The second-order valence-electron chi connectivity index (χ2n) is 7.88. The molecular formula is C26H25FN2O5.